The number of nitrogens with zero attached hydrogens (tertiary/aromatic N) is 2. The van der Waals surface area contributed by atoms with Crippen LogP contribution < -0.4 is 0 Å². The van der Waals surface area contributed by atoms with Crippen LogP contribution in [0.2, 0.25) is 5.15 Å². The highest BCUT2D eigenvalue weighted by atomic mass is 35.5. The third-order valence-electron chi connectivity index (χ3n) is 3.19. The second-order valence-electron chi connectivity index (χ2n) is 4.82. The van der Waals surface area contributed by atoms with Gasteiger partial charge in [-0.25, -0.2) is 14.4 Å². The standard InChI is InChI=1S/C16H12ClFN2/c1-9-6-11(8-12(18)7-9)16-19-13-5-3-4-10(2)14(13)15(17)20-16/h3-8H,1-2H3. The zero-order chi connectivity index (χ0) is 14.3. The molecule has 3 aromatic rings. The second kappa shape index (κ2) is 4.84. The van der Waals surface area contributed by atoms with E-state index in [0.717, 1.165) is 22.0 Å². The average molecular weight is 287 g/mol. The molecule has 0 aliphatic rings. The van der Waals surface area contributed by atoms with E-state index in [4.69, 9.17) is 11.6 Å². The number of hydrogen-bond donors (Lipinski definition) is 0. The van der Waals surface area contributed by atoms with E-state index in [2.05, 4.69) is 9.97 Å². The summed E-state index contributed by atoms with van der Waals surface area (Å²) in [6, 6.07) is 10.5. The van der Waals surface area contributed by atoms with Crippen LogP contribution in [0.25, 0.3) is 22.3 Å². The highest BCUT2D eigenvalue weighted by Crippen LogP contribution is 2.27. The summed E-state index contributed by atoms with van der Waals surface area (Å²) in [7, 11) is 0. The number of halogens is 2. The first-order valence-corrected chi connectivity index (χ1v) is 6.63. The Morgan fingerprint density at radius 2 is 1.85 bits per heavy atom. The summed E-state index contributed by atoms with van der Waals surface area (Å²) in [5.74, 6) is 0.139. The van der Waals surface area contributed by atoms with Gasteiger partial charge in [0.25, 0.3) is 0 Å². The van der Waals surface area contributed by atoms with Crippen molar-refractivity contribution in [2.24, 2.45) is 0 Å². The summed E-state index contributed by atoms with van der Waals surface area (Å²) in [5.41, 5.74) is 3.24. The molecule has 0 fully saturated rings. The normalized spacial score (nSPS) is 11.0. The van der Waals surface area contributed by atoms with Crippen LogP contribution in [0.15, 0.2) is 36.4 Å². The van der Waals surface area contributed by atoms with Crippen molar-refractivity contribution >= 4 is 22.5 Å². The van der Waals surface area contributed by atoms with Crippen LogP contribution in [0.3, 0.4) is 0 Å². The summed E-state index contributed by atoms with van der Waals surface area (Å²) in [6.07, 6.45) is 0. The molecule has 2 aromatic carbocycles. The van der Waals surface area contributed by atoms with E-state index >= 15 is 0 Å². The Hall–Kier alpha value is -2.00. The van der Waals surface area contributed by atoms with Gasteiger partial charge in [-0.1, -0.05) is 23.7 Å². The van der Waals surface area contributed by atoms with E-state index in [9.17, 15) is 4.39 Å². The minimum atomic E-state index is -0.302. The third-order valence-corrected chi connectivity index (χ3v) is 3.46. The fourth-order valence-electron chi connectivity index (χ4n) is 2.30. The smallest absolute Gasteiger partial charge is 0.161 e. The zero-order valence-corrected chi connectivity index (χ0v) is 11.9. The van der Waals surface area contributed by atoms with Crippen molar-refractivity contribution in [2.45, 2.75) is 13.8 Å². The van der Waals surface area contributed by atoms with Crippen molar-refractivity contribution in [3.8, 4) is 11.4 Å². The van der Waals surface area contributed by atoms with Crippen molar-refractivity contribution < 1.29 is 4.39 Å². The van der Waals surface area contributed by atoms with E-state index in [1.807, 2.05) is 38.1 Å². The second-order valence-corrected chi connectivity index (χ2v) is 5.18. The molecule has 20 heavy (non-hydrogen) atoms. The molecule has 0 atom stereocenters. The number of rotatable bonds is 1. The number of hydrogen-bond acceptors (Lipinski definition) is 2. The largest absolute Gasteiger partial charge is 0.228 e. The Kier molecular flexibility index (Phi) is 3.14. The quantitative estimate of drug-likeness (QED) is 0.606. The average Bonchev–Trinajstić information content (AvgIpc) is 2.37. The minimum Gasteiger partial charge on any atom is -0.228 e. The van der Waals surface area contributed by atoms with Crippen LogP contribution in [0.1, 0.15) is 11.1 Å². The van der Waals surface area contributed by atoms with Gasteiger partial charge in [0, 0.05) is 10.9 Å². The lowest BCUT2D eigenvalue weighted by Crippen LogP contribution is -1.94. The maximum absolute atomic E-state index is 13.5. The van der Waals surface area contributed by atoms with Gasteiger partial charge < -0.3 is 0 Å². The van der Waals surface area contributed by atoms with Gasteiger partial charge in [-0.05, 0) is 49.2 Å². The monoisotopic (exact) mass is 286 g/mol. The zero-order valence-electron chi connectivity index (χ0n) is 11.1. The molecule has 0 aliphatic heterocycles. The molecule has 0 bridgehead atoms. The molecule has 1 heterocycles. The number of aromatic nitrogens is 2. The summed E-state index contributed by atoms with van der Waals surface area (Å²) in [4.78, 5) is 8.79. The van der Waals surface area contributed by atoms with Gasteiger partial charge in [0.15, 0.2) is 5.82 Å². The van der Waals surface area contributed by atoms with Crippen LogP contribution >= 0.6 is 11.6 Å². The summed E-state index contributed by atoms with van der Waals surface area (Å²) < 4.78 is 13.5. The van der Waals surface area contributed by atoms with Gasteiger partial charge in [-0.2, -0.15) is 0 Å². The third kappa shape index (κ3) is 2.25. The van der Waals surface area contributed by atoms with Crippen LogP contribution in [-0.2, 0) is 0 Å². The Morgan fingerprint density at radius 3 is 2.60 bits per heavy atom. The minimum absolute atomic E-state index is 0.302. The molecule has 0 spiro atoms. The number of benzene rings is 2. The Balaban J connectivity index is 2.27. The molecular formula is C16H12ClFN2. The number of fused-ring (bicyclic) bond motifs is 1. The summed E-state index contributed by atoms with van der Waals surface area (Å²) in [5, 5.41) is 1.23. The van der Waals surface area contributed by atoms with E-state index in [-0.39, 0.29) is 5.82 Å². The van der Waals surface area contributed by atoms with E-state index in [1.54, 1.807) is 0 Å². The van der Waals surface area contributed by atoms with Crippen molar-refractivity contribution in [1.29, 1.82) is 0 Å². The van der Waals surface area contributed by atoms with Crippen LogP contribution in [0.4, 0.5) is 4.39 Å². The Bertz CT molecular complexity index is 795. The van der Waals surface area contributed by atoms with E-state index in [0.29, 0.717) is 16.5 Å². The molecule has 3 rings (SSSR count). The first-order chi connectivity index (χ1) is 9.54. The predicted molar refractivity (Wildman–Crippen MR) is 79.4 cm³/mol. The molecule has 0 N–H and O–H groups in total. The molecule has 0 unspecified atom stereocenters. The van der Waals surface area contributed by atoms with Crippen LogP contribution in [0.5, 0.6) is 0 Å². The topological polar surface area (TPSA) is 25.8 Å². The molecule has 0 amide bonds. The van der Waals surface area contributed by atoms with Gasteiger partial charge >= 0.3 is 0 Å². The van der Waals surface area contributed by atoms with Crippen molar-refractivity contribution in [2.75, 3.05) is 0 Å². The van der Waals surface area contributed by atoms with Gasteiger partial charge in [-0.3, -0.25) is 0 Å². The lowest BCUT2D eigenvalue weighted by molar-refractivity contribution is 0.627. The molecule has 0 saturated heterocycles. The fraction of sp³-hybridized carbons (Fsp3) is 0.125. The molecule has 2 nitrogen and oxygen atoms in total. The van der Waals surface area contributed by atoms with Gasteiger partial charge in [0.2, 0.25) is 0 Å². The predicted octanol–water partition coefficient (Wildman–Crippen LogP) is 4.71. The SMILES string of the molecule is Cc1cc(F)cc(-c2nc(Cl)c3c(C)cccc3n2)c1. The summed E-state index contributed by atoms with van der Waals surface area (Å²) in [6.45, 7) is 3.79. The van der Waals surface area contributed by atoms with Crippen molar-refractivity contribution in [3.05, 3.63) is 58.5 Å². The van der Waals surface area contributed by atoms with E-state index in [1.165, 1.54) is 12.1 Å². The molecular weight excluding hydrogens is 275 g/mol. The lowest BCUT2D eigenvalue weighted by atomic mass is 10.1. The Morgan fingerprint density at radius 1 is 1.05 bits per heavy atom. The fourth-order valence-corrected chi connectivity index (χ4v) is 2.62. The van der Waals surface area contributed by atoms with Crippen molar-refractivity contribution in [1.82, 2.24) is 9.97 Å². The van der Waals surface area contributed by atoms with Gasteiger partial charge in [-0.15, -0.1) is 0 Å². The highest BCUT2D eigenvalue weighted by Gasteiger charge is 2.10. The summed E-state index contributed by atoms with van der Waals surface area (Å²) >= 11 is 6.25. The highest BCUT2D eigenvalue weighted by molar-refractivity contribution is 6.34. The van der Waals surface area contributed by atoms with Crippen LogP contribution in [-0.4, -0.2) is 9.97 Å². The van der Waals surface area contributed by atoms with Crippen molar-refractivity contribution in [3.63, 3.8) is 0 Å². The molecule has 0 aliphatic carbocycles. The molecule has 4 heteroatoms. The first-order valence-electron chi connectivity index (χ1n) is 6.25. The molecule has 0 saturated carbocycles. The van der Waals surface area contributed by atoms with Gasteiger partial charge in [0.05, 0.1) is 5.52 Å². The Labute approximate surface area is 121 Å². The van der Waals surface area contributed by atoms with Gasteiger partial charge in [0.1, 0.15) is 11.0 Å². The van der Waals surface area contributed by atoms with E-state index < -0.39 is 0 Å². The maximum Gasteiger partial charge on any atom is 0.161 e. The lowest BCUT2D eigenvalue weighted by Gasteiger charge is -2.07. The molecule has 1 aromatic heterocycles. The molecule has 0 radical (unpaired) electrons. The molecule has 100 valence electrons. The number of aryl methyl sites for hydroxylation is 2. The van der Waals surface area contributed by atoms with Crippen LogP contribution in [0, 0.1) is 19.7 Å². The first kappa shape index (κ1) is 13.0. The maximum atomic E-state index is 13.5.